The lowest BCUT2D eigenvalue weighted by molar-refractivity contribution is 0.846. The van der Waals surface area contributed by atoms with Gasteiger partial charge in [0.15, 0.2) is 0 Å². The lowest BCUT2D eigenvalue weighted by Crippen LogP contribution is -2.07. The van der Waals surface area contributed by atoms with Gasteiger partial charge in [-0.1, -0.05) is 24.3 Å². The van der Waals surface area contributed by atoms with E-state index in [0.717, 1.165) is 16.4 Å². The van der Waals surface area contributed by atoms with Crippen LogP contribution in [0.15, 0.2) is 47.2 Å². The number of para-hydroxylation sites is 1. The van der Waals surface area contributed by atoms with Crippen molar-refractivity contribution in [1.29, 1.82) is 0 Å². The van der Waals surface area contributed by atoms with Crippen LogP contribution in [0.1, 0.15) is 23.7 Å². The molecule has 0 radical (unpaired) electrons. The Hall–Kier alpha value is -1.65. The second-order valence-corrected chi connectivity index (χ2v) is 6.69. The summed E-state index contributed by atoms with van der Waals surface area (Å²) in [6, 6.07) is 12.9. The SMILES string of the molecule is Cc1nc(C(C)Nc2ccccc2-c2cccs2)cs1. The van der Waals surface area contributed by atoms with Gasteiger partial charge in [0.05, 0.1) is 16.7 Å². The molecule has 1 aromatic carbocycles. The van der Waals surface area contributed by atoms with E-state index in [1.54, 1.807) is 22.7 Å². The zero-order valence-electron chi connectivity index (χ0n) is 11.5. The molecule has 2 nitrogen and oxygen atoms in total. The lowest BCUT2D eigenvalue weighted by Gasteiger charge is -2.16. The first-order chi connectivity index (χ1) is 9.74. The van der Waals surface area contributed by atoms with Crippen LogP contribution in [0.5, 0.6) is 0 Å². The minimum Gasteiger partial charge on any atom is -0.376 e. The maximum absolute atomic E-state index is 4.56. The number of rotatable bonds is 4. The summed E-state index contributed by atoms with van der Waals surface area (Å²) in [6.45, 7) is 4.19. The molecule has 3 rings (SSSR count). The average molecular weight is 300 g/mol. The van der Waals surface area contributed by atoms with E-state index in [1.165, 1.54) is 10.4 Å². The van der Waals surface area contributed by atoms with Crippen molar-refractivity contribution in [1.82, 2.24) is 4.98 Å². The monoisotopic (exact) mass is 300 g/mol. The van der Waals surface area contributed by atoms with Crippen molar-refractivity contribution in [2.24, 2.45) is 0 Å². The number of benzene rings is 1. The fourth-order valence-corrected chi connectivity index (χ4v) is 3.61. The van der Waals surface area contributed by atoms with Crippen molar-refractivity contribution >= 4 is 28.4 Å². The van der Waals surface area contributed by atoms with Crippen LogP contribution in [0.25, 0.3) is 10.4 Å². The Bertz CT molecular complexity index is 686. The Balaban J connectivity index is 1.88. The molecule has 0 aliphatic rings. The first kappa shape index (κ1) is 13.3. The van der Waals surface area contributed by atoms with Gasteiger partial charge in [-0.2, -0.15) is 0 Å². The number of aromatic nitrogens is 1. The number of anilines is 1. The van der Waals surface area contributed by atoms with Crippen LogP contribution in [0.3, 0.4) is 0 Å². The third kappa shape index (κ3) is 2.76. The number of nitrogens with one attached hydrogen (secondary N) is 1. The molecule has 20 heavy (non-hydrogen) atoms. The van der Waals surface area contributed by atoms with Gasteiger partial charge in [-0.05, 0) is 31.4 Å². The van der Waals surface area contributed by atoms with Gasteiger partial charge >= 0.3 is 0 Å². The van der Waals surface area contributed by atoms with Crippen LogP contribution >= 0.6 is 22.7 Å². The second-order valence-electron chi connectivity index (χ2n) is 4.68. The molecule has 0 aliphatic carbocycles. The van der Waals surface area contributed by atoms with Crippen molar-refractivity contribution < 1.29 is 0 Å². The van der Waals surface area contributed by atoms with Crippen LogP contribution in [0.4, 0.5) is 5.69 Å². The Morgan fingerprint density at radius 2 is 1.95 bits per heavy atom. The van der Waals surface area contributed by atoms with Crippen molar-refractivity contribution in [2.45, 2.75) is 19.9 Å². The first-order valence-electron chi connectivity index (χ1n) is 6.55. The van der Waals surface area contributed by atoms with Gasteiger partial charge in [0.25, 0.3) is 0 Å². The molecule has 0 spiro atoms. The molecule has 0 fully saturated rings. The molecular weight excluding hydrogens is 284 g/mol. The largest absolute Gasteiger partial charge is 0.376 e. The van der Waals surface area contributed by atoms with E-state index in [1.807, 2.05) is 6.92 Å². The summed E-state index contributed by atoms with van der Waals surface area (Å²) in [5.41, 5.74) is 3.52. The predicted molar refractivity (Wildman–Crippen MR) is 88.6 cm³/mol. The van der Waals surface area contributed by atoms with E-state index >= 15 is 0 Å². The number of hydrogen-bond donors (Lipinski definition) is 1. The molecule has 0 aliphatic heterocycles. The van der Waals surface area contributed by atoms with Crippen molar-refractivity contribution in [2.75, 3.05) is 5.32 Å². The first-order valence-corrected chi connectivity index (χ1v) is 8.31. The zero-order chi connectivity index (χ0) is 13.9. The Labute approximate surface area is 127 Å². The summed E-state index contributed by atoms with van der Waals surface area (Å²) in [7, 11) is 0. The molecule has 0 amide bonds. The highest BCUT2D eigenvalue weighted by Crippen LogP contribution is 2.33. The van der Waals surface area contributed by atoms with Gasteiger partial charge in [0.1, 0.15) is 0 Å². The van der Waals surface area contributed by atoms with E-state index < -0.39 is 0 Å². The molecule has 2 heterocycles. The summed E-state index contributed by atoms with van der Waals surface area (Å²) in [5, 5.41) is 8.93. The van der Waals surface area contributed by atoms with Crippen molar-refractivity contribution in [3.05, 3.63) is 57.9 Å². The second kappa shape index (κ2) is 5.77. The van der Waals surface area contributed by atoms with Gasteiger partial charge in [0, 0.05) is 21.5 Å². The molecule has 0 saturated heterocycles. The smallest absolute Gasteiger partial charge is 0.0898 e. The average Bonchev–Trinajstić information content (AvgIpc) is 3.10. The third-order valence-electron chi connectivity index (χ3n) is 3.17. The van der Waals surface area contributed by atoms with Crippen LogP contribution < -0.4 is 5.32 Å². The van der Waals surface area contributed by atoms with Gasteiger partial charge in [-0.3, -0.25) is 0 Å². The van der Waals surface area contributed by atoms with E-state index in [0.29, 0.717) is 0 Å². The molecule has 1 atom stereocenters. The van der Waals surface area contributed by atoms with Gasteiger partial charge < -0.3 is 5.32 Å². The van der Waals surface area contributed by atoms with E-state index in [-0.39, 0.29) is 6.04 Å². The lowest BCUT2D eigenvalue weighted by atomic mass is 10.1. The summed E-state index contributed by atoms with van der Waals surface area (Å²) >= 11 is 3.46. The highest BCUT2D eigenvalue weighted by Gasteiger charge is 2.12. The van der Waals surface area contributed by atoms with E-state index in [4.69, 9.17) is 0 Å². The minimum atomic E-state index is 0.209. The number of nitrogens with zero attached hydrogens (tertiary/aromatic N) is 1. The summed E-state index contributed by atoms with van der Waals surface area (Å²) in [6.07, 6.45) is 0. The molecule has 1 unspecified atom stereocenters. The summed E-state index contributed by atoms with van der Waals surface area (Å²) in [4.78, 5) is 5.84. The molecule has 0 saturated carbocycles. The minimum absolute atomic E-state index is 0.209. The highest BCUT2D eigenvalue weighted by molar-refractivity contribution is 7.13. The predicted octanol–water partition coefficient (Wildman–Crippen LogP) is 5.35. The highest BCUT2D eigenvalue weighted by atomic mass is 32.1. The molecule has 2 aromatic heterocycles. The summed E-state index contributed by atoms with van der Waals surface area (Å²) < 4.78 is 0. The summed E-state index contributed by atoms with van der Waals surface area (Å²) in [5.74, 6) is 0. The number of thiazole rings is 1. The Morgan fingerprint density at radius 3 is 2.65 bits per heavy atom. The molecule has 4 heteroatoms. The molecule has 0 bridgehead atoms. The maximum atomic E-state index is 4.56. The quantitative estimate of drug-likeness (QED) is 0.702. The zero-order valence-corrected chi connectivity index (χ0v) is 13.1. The normalized spacial score (nSPS) is 12.3. The van der Waals surface area contributed by atoms with Gasteiger partial charge in [-0.25, -0.2) is 4.98 Å². The van der Waals surface area contributed by atoms with Crippen LogP contribution in [0, 0.1) is 6.92 Å². The maximum Gasteiger partial charge on any atom is 0.0898 e. The van der Waals surface area contributed by atoms with Crippen LogP contribution in [0.2, 0.25) is 0 Å². The van der Waals surface area contributed by atoms with E-state index in [2.05, 4.69) is 64.4 Å². The standard InChI is InChI=1S/C16H16N2S2/c1-11(15-10-20-12(2)18-15)17-14-7-4-3-6-13(14)16-8-5-9-19-16/h3-11,17H,1-2H3. The molecule has 1 N–H and O–H groups in total. The molecule has 3 aromatic rings. The van der Waals surface area contributed by atoms with E-state index in [9.17, 15) is 0 Å². The number of hydrogen-bond acceptors (Lipinski definition) is 4. The number of aryl methyl sites for hydroxylation is 1. The fourth-order valence-electron chi connectivity index (χ4n) is 2.14. The Kier molecular flexibility index (Phi) is 3.85. The Morgan fingerprint density at radius 1 is 1.10 bits per heavy atom. The fraction of sp³-hybridized carbons (Fsp3) is 0.188. The third-order valence-corrected chi connectivity index (χ3v) is 4.86. The topological polar surface area (TPSA) is 24.9 Å². The van der Waals surface area contributed by atoms with Gasteiger partial charge in [-0.15, -0.1) is 22.7 Å². The van der Waals surface area contributed by atoms with Crippen LogP contribution in [-0.4, -0.2) is 4.98 Å². The molecular formula is C16H16N2S2. The molecule has 102 valence electrons. The van der Waals surface area contributed by atoms with Crippen molar-refractivity contribution in [3.8, 4) is 10.4 Å². The van der Waals surface area contributed by atoms with Gasteiger partial charge in [0.2, 0.25) is 0 Å². The van der Waals surface area contributed by atoms with Crippen molar-refractivity contribution in [3.63, 3.8) is 0 Å². The van der Waals surface area contributed by atoms with Crippen LogP contribution in [-0.2, 0) is 0 Å². The number of thiophene rings is 1.